The molecule has 2 aliphatic heterocycles. The number of halogens is 6. The van der Waals surface area contributed by atoms with Crippen molar-refractivity contribution in [2.75, 3.05) is 5.32 Å². The molecule has 0 bridgehead atoms. The molecule has 2 aliphatic rings. The Bertz CT molecular complexity index is 1800. The van der Waals surface area contributed by atoms with Crippen molar-refractivity contribution in [3.8, 4) is 16.9 Å². The Balaban J connectivity index is 1.50. The Hall–Kier alpha value is -4.12. The fourth-order valence-electron chi connectivity index (χ4n) is 6.57. The lowest BCUT2D eigenvalue weighted by Crippen LogP contribution is -2.36. The van der Waals surface area contributed by atoms with Crippen LogP contribution in [-0.4, -0.2) is 20.6 Å². The molecule has 1 aromatic heterocycles. The molecule has 0 saturated heterocycles. The largest absolute Gasteiger partial charge is 0.416 e. The van der Waals surface area contributed by atoms with E-state index >= 15 is 0 Å². The molecular weight excluding hydrogens is 594 g/mol. The van der Waals surface area contributed by atoms with Crippen LogP contribution in [0, 0.1) is 0 Å². The van der Waals surface area contributed by atoms with Gasteiger partial charge in [-0.3, -0.25) is 9.69 Å². The third-order valence-electron chi connectivity index (χ3n) is 8.99. The monoisotopic (exact) mass is 626 g/mol. The average Bonchev–Trinajstić information content (AvgIpc) is 3.61. The summed E-state index contributed by atoms with van der Waals surface area (Å²) in [4.78, 5) is 14.0. The minimum absolute atomic E-state index is 0.102. The number of nitrogens with one attached hydrogen (secondary N) is 1. The van der Waals surface area contributed by atoms with E-state index in [0.29, 0.717) is 11.8 Å². The van der Waals surface area contributed by atoms with Crippen molar-refractivity contribution in [2.24, 2.45) is 0 Å². The van der Waals surface area contributed by atoms with Crippen LogP contribution in [0.5, 0.6) is 0 Å². The first kappa shape index (κ1) is 30.9. The van der Waals surface area contributed by atoms with Crippen LogP contribution in [0.4, 0.5) is 32.0 Å². The van der Waals surface area contributed by atoms with Crippen LogP contribution in [-0.2, 0) is 55.0 Å². The molecule has 3 aromatic carbocycles. The highest BCUT2D eigenvalue weighted by Gasteiger charge is 2.45. The Morgan fingerprint density at radius 2 is 1.58 bits per heavy atom. The van der Waals surface area contributed by atoms with Gasteiger partial charge in [0, 0.05) is 29.9 Å². The molecule has 4 aromatic rings. The van der Waals surface area contributed by atoms with Crippen molar-refractivity contribution in [3.05, 3.63) is 99.2 Å². The van der Waals surface area contributed by atoms with Crippen molar-refractivity contribution in [1.82, 2.24) is 14.7 Å². The van der Waals surface area contributed by atoms with E-state index in [1.807, 2.05) is 47.7 Å². The van der Waals surface area contributed by atoms with Gasteiger partial charge in [0.25, 0.3) is 0 Å². The topological polar surface area (TPSA) is 50.2 Å². The lowest BCUT2D eigenvalue weighted by atomic mass is 9.96. The molecule has 6 rings (SSSR count). The van der Waals surface area contributed by atoms with Gasteiger partial charge in [-0.2, -0.15) is 31.4 Å². The number of benzene rings is 3. The first-order valence-corrected chi connectivity index (χ1v) is 14.8. The predicted octanol–water partition coefficient (Wildman–Crippen LogP) is 8.45. The van der Waals surface area contributed by atoms with Gasteiger partial charge in [-0.1, -0.05) is 44.2 Å². The van der Waals surface area contributed by atoms with E-state index < -0.39 is 29.0 Å². The number of aromatic nitrogens is 2. The van der Waals surface area contributed by atoms with Crippen LogP contribution >= 0.6 is 0 Å². The van der Waals surface area contributed by atoms with E-state index in [1.165, 1.54) is 0 Å². The number of carbonyl (C=O) groups is 1. The maximum atomic E-state index is 14.1. The number of nitrogens with zero attached hydrogens (tertiary/aromatic N) is 3. The lowest BCUT2D eigenvalue weighted by molar-refractivity contribution is -0.143. The van der Waals surface area contributed by atoms with E-state index in [4.69, 9.17) is 5.10 Å². The normalized spacial score (nSPS) is 16.2. The maximum absolute atomic E-state index is 14.1. The van der Waals surface area contributed by atoms with Gasteiger partial charge >= 0.3 is 12.4 Å². The smallest absolute Gasteiger partial charge is 0.326 e. The van der Waals surface area contributed by atoms with Gasteiger partial charge in [-0.25, -0.2) is 4.68 Å². The molecule has 45 heavy (non-hydrogen) atoms. The maximum Gasteiger partial charge on any atom is 0.416 e. The Kier molecular flexibility index (Phi) is 7.38. The van der Waals surface area contributed by atoms with E-state index in [1.54, 1.807) is 0 Å². The van der Waals surface area contributed by atoms with Crippen LogP contribution in [0.25, 0.3) is 16.9 Å². The van der Waals surface area contributed by atoms with Crippen molar-refractivity contribution in [2.45, 2.75) is 77.9 Å². The molecule has 0 aliphatic carbocycles. The zero-order chi connectivity index (χ0) is 32.5. The molecule has 0 atom stereocenters. The van der Waals surface area contributed by atoms with Crippen LogP contribution in [0.15, 0.2) is 54.6 Å². The molecule has 236 valence electrons. The second kappa shape index (κ2) is 10.8. The Morgan fingerprint density at radius 1 is 0.889 bits per heavy atom. The van der Waals surface area contributed by atoms with E-state index in [-0.39, 0.29) is 37.0 Å². The minimum atomic E-state index is -4.97. The van der Waals surface area contributed by atoms with Crippen LogP contribution in [0.3, 0.4) is 0 Å². The number of aryl methyl sites for hydroxylation is 2. The number of hydrogen-bond acceptors (Lipinski definition) is 3. The zero-order valence-corrected chi connectivity index (χ0v) is 25.2. The molecule has 0 spiro atoms. The zero-order valence-electron chi connectivity index (χ0n) is 25.2. The highest BCUT2D eigenvalue weighted by Crippen LogP contribution is 2.47. The summed E-state index contributed by atoms with van der Waals surface area (Å²) < 4.78 is 84.1. The van der Waals surface area contributed by atoms with Gasteiger partial charge in [-0.15, -0.1) is 0 Å². The van der Waals surface area contributed by atoms with Crippen molar-refractivity contribution < 1.29 is 31.1 Å². The number of fused-ring (bicyclic) bond motifs is 2. The fourth-order valence-corrected chi connectivity index (χ4v) is 6.57. The predicted molar refractivity (Wildman–Crippen MR) is 159 cm³/mol. The highest BCUT2D eigenvalue weighted by molar-refractivity contribution is 5.99. The molecule has 1 N–H and O–H groups in total. The first-order chi connectivity index (χ1) is 21.1. The fraction of sp³-hybridized carbons (Fsp3) is 0.353. The van der Waals surface area contributed by atoms with E-state index in [0.717, 1.165) is 63.8 Å². The van der Waals surface area contributed by atoms with Gasteiger partial charge in [0.2, 0.25) is 5.91 Å². The molecular formula is C34H32F6N4O. The lowest BCUT2D eigenvalue weighted by Gasteiger charge is -2.33. The van der Waals surface area contributed by atoms with Crippen molar-refractivity contribution in [3.63, 3.8) is 0 Å². The van der Waals surface area contributed by atoms with Gasteiger partial charge in [0.1, 0.15) is 0 Å². The Morgan fingerprint density at radius 3 is 2.20 bits per heavy atom. The first-order valence-electron chi connectivity index (χ1n) is 14.8. The van der Waals surface area contributed by atoms with Gasteiger partial charge < -0.3 is 5.32 Å². The minimum Gasteiger partial charge on any atom is -0.326 e. The van der Waals surface area contributed by atoms with Gasteiger partial charge in [0.05, 0.1) is 40.2 Å². The number of carbonyl (C=O) groups excluding carboxylic acids is 1. The van der Waals surface area contributed by atoms with Crippen LogP contribution in [0.2, 0.25) is 0 Å². The second-order valence-electron chi connectivity index (χ2n) is 12.1. The second-order valence-corrected chi connectivity index (χ2v) is 12.1. The van der Waals surface area contributed by atoms with Gasteiger partial charge in [0.15, 0.2) is 0 Å². The summed E-state index contributed by atoms with van der Waals surface area (Å²) in [5.74, 6) is -0.102. The number of anilines is 1. The third kappa shape index (κ3) is 5.30. The summed E-state index contributed by atoms with van der Waals surface area (Å²) in [6.07, 6.45) is -8.14. The quantitative estimate of drug-likeness (QED) is 0.219. The summed E-state index contributed by atoms with van der Waals surface area (Å²) in [6.45, 7) is 7.86. The molecule has 0 radical (unpaired) electrons. The summed E-state index contributed by atoms with van der Waals surface area (Å²) in [7, 11) is 0. The third-order valence-corrected chi connectivity index (χ3v) is 8.99. The number of para-hydroxylation sites is 1. The van der Waals surface area contributed by atoms with Crippen molar-refractivity contribution >= 4 is 11.6 Å². The summed E-state index contributed by atoms with van der Waals surface area (Å²) in [5.41, 5.74) is 4.06. The summed E-state index contributed by atoms with van der Waals surface area (Å²) in [5, 5.41) is 8.00. The summed E-state index contributed by atoms with van der Waals surface area (Å²) >= 11 is 0. The highest BCUT2D eigenvalue weighted by atomic mass is 19.4. The molecule has 0 fully saturated rings. The molecule has 0 saturated carbocycles. The van der Waals surface area contributed by atoms with E-state index in [2.05, 4.69) is 31.3 Å². The summed E-state index contributed by atoms with van der Waals surface area (Å²) in [6, 6.07) is 13.6. The number of rotatable bonds is 6. The number of alkyl halides is 6. The number of amides is 1. The molecule has 5 nitrogen and oxygen atoms in total. The van der Waals surface area contributed by atoms with Crippen LogP contribution < -0.4 is 5.32 Å². The van der Waals surface area contributed by atoms with Crippen LogP contribution in [0.1, 0.15) is 72.3 Å². The molecule has 3 heterocycles. The van der Waals surface area contributed by atoms with Gasteiger partial charge in [-0.05, 0) is 73.2 Å². The molecule has 1 amide bonds. The van der Waals surface area contributed by atoms with E-state index in [9.17, 15) is 31.1 Å². The standard InChI is InChI=1S/C34H32F6N4O/c1-5-19-8-7-9-20(6-2)29(19)44-30(21-11-13-27-23(14-21)15-28(45)41-27)25-18-43(32(3,4)31(25)42-44)17-22-10-12-24(33(35,36)37)16-26(22)34(38,39)40/h7-14,16H,5-6,15,17-18H2,1-4H3,(H,41,45). The SMILES string of the molecule is CCc1cccc(CC)c1-n1nc2c(c1-c1ccc3c(c1)CC(=O)N3)CN(Cc1ccc(C(F)(F)F)cc1C(F)(F)F)C2(C)C. The number of hydrogen-bond donors (Lipinski definition) is 1. The van der Waals surface area contributed by atoms with Crippen molar-refractivity contribution in [1.29, 1.82) is 0 Å². The molecule has 0 unspecified atom stereocenters. The Labute approximate surface area is 256 Å². The molecule has 11 heteroatoms. The average molecular weight is 627 g/mol.